The van der Waals surface area contributed by atoms with Gasteiger partial charge in [0.15, 0.2) is 5.78 Å². The maximum atomic E-state index is 12.5. The Bertz CT molecular complexity index is 704. The second-order valence-electron chi connectivity index (χ2n) is 6.42. The molecule has 6 nitrogen and oxygen atoms in total. The van der Waals surface area contributed by atoms with E-state index >= 15 is 0 Å². The molecule has 1 saturated heterocycles. The molecule has 2 heterocycles. The molecule has 134 valence electrons. The molecule has 2 aliphatic heterocycles. The smallest absolute Gasteiger partial charge is 0.317 e. The lowest BCUT2D eigenvalue weighted by atomic mass is 9.82. The maximum absolute atomic E-state index is 12.5. The molecule has 5 unspecified atom stereocenters. The summed E-state index contributed by atoms with van der Waals surface area (Å²) in [5.41, 5.74) is 0. The zero-order chi connectivity index (χ0) is 18.1. The predicted molar refractivity (Wildman–Crippen MR) is 89.9 cm³/mol. The van der Waals surface area contributed by atoms with Crippen molar-refractivity contribution >= 4 is 23.4 Å². The molecule has 0 saturated carbocycles. The number of carbonyl (C=O) groups excluding carboxylic acids is 2. The number of epoxide rings is 1. The fourth-order valence-corrected chi connectivity index (χ4v) is 3.37. The Morgan fingerprint density at radius 1 is 1.24 bits per heavy atom. The minimum absolute atomic E-state index is 0.0371. The normalized spacial score (nSPS) is 37.4. The number of hydrogen-bond acceptors (Lipinski definition) is 6. The van der Waals surface area contributed by atoms with Gasteiger partial charge in [-0.15, -0.1) is 0 Å². The van der Waals surface area contributed by atoms with Gasteiger partial charge in [-0.3, -0.25) is 9.59 Å². The zero-order valence-corrected chi connectivity index (χ0v) is 14.3. The Labute approximate surface area is 150 Å². The van der Waals surface area contributed by atoms with E-state index in [1.54, 1.807) is 19.1 Å². The summed E-state index contributed by atoms with van der Waals surface area (Å²) in [5, 5.41) is 19.9. The SMILES string of the molecule is CC1CC2OC2C=C/C=C/C(=O)CC2C(Cl)=C(O)C=C(O)C2C(=O)O1. The first kappa shape index (κ1) is 17.8. The second kappa shape index (κ2) is 7.06. The number of esters is 1. The van der Waals surface area contributed by atoms with Gasteiger partial charge in [0.05, 0.1) is 11.1 Å². The van der Waals surface area contributed by atoms with E-state index in [0.29, 0.717) is 6.42 Å². The van der Waals surface area contributed by atoms with E-state index in [9.17, 15) is 19.8 Å². The first-order valence-electron chi connectivity index (χ1n) is 8.09. The van der Waals surface area contributed by atoms with Crippen LogP contribution in [0.15, 0.2) is 46.9 Å². The molecule has 7 heteroatoms. The molecule has 0 radical (unpaired) electrons. The number of fused-ring (bicyclic) bond motifs is 2. The van der Waals surface area contributed by atoms with Gasteiger partial charge >= 0.3 is 5.97 Å². The first-order chi connectivity index (χ1) is 11.9. The standard InChI is InChI=1S/C18H19ClO6/c1-9-6-15-14(25-15)5-3-2-4-10(20)7-11-16(18(23)24-9)12(21)8-13(22)17(11)19/h2-5,8-9,11,14-16,21-22H,6-7H2,1H3/b4-2+,5-3?. The Kier molecular flexibility index (Phi) is 5.01. The Morgan fingerprint density at radius 3 is 2.76 bits per heavy atom. The van der Waals surface area contributed by atoms with Crippen LogP contribution in [0.4, 0.5) is 0 Å². The minimum Gasteiger partial charge on any atom is -0.511 e. The van der Waals surface area contributed by atoms with Crippen LogP contribution in [-0.4, -0.2) is 40.3 Å². The number of halogens is 1. The van der Waals surface area contributed by atoms with Crippen molar-refractivity contribution in [2.24, 2.45) is 11.8 Å². The summed E-state index contributed by atoms with van der Waals surface area (Å²) >= 11 is 6.11. The summed E-state index contributed by atoms with van der Waals surface area (Å²) in [6, 6.07) is 0. The van der Waals surface area contributed by atoms with Gasteiger partial charge < -0.3 is 19.7 Å². The van der Waals surface area contributed by atoms with E-state index in [1.165, 1.54) is 6.08 Å². The Balaban J connectivity index is 1.90. The van der Waals surface area contributed by atoms with Crippen LogP contribution in [0.3, 0.4) is 0 Å². The van der Waals surface area contributed by atoms with Crippen LogP contribution in [0.2, 0.25) is 0 Å². The molecule has 3 rings (SSSR count). The monoisotopic (exact) mass is 366 g/mol. The number of aliphatic hydroxyl groups is 2. The van der Waals surface area contributed by atoms with Crippen molar-refractivity contribution < 1.29 is 29.3 Å². The van der Waals surface area contributed by atoms with Gasteiger partial charge in [-0.05, 0) is 13.0 Å². The number of carbonyl (C=O) groups is 2. The van der Waals surface area contributed by atoms with Crippen molar-refractivity contribution in [3.8, 4) is 0 Å². The molecule has 0 amide bonds. The largest absolute Gasteiger partial charge is 0.511 e. The number of ether oxygens (including phenoxy) is 2. The van der Waals surface area contributed by atoms with Crippen LogP contribution in [0.5, 0.6) is 0 Å². The van der Waals surface area contributed by atoms with Gasteiger partial charge in [0, 0.05) is 24.8 Å². The number of hydrogen-bond donors (Lipinski definition) is 2. The fourth-order valence-electron chi connectivity index (χ4n) is 3.12. The summed E-state index contributed by atoms with van der Waals surface area (Å²) in [5.74, 6) is -3.69. The third-order valence-electron chi connectivity index (χ3n) is 4.45. The molecular formula is C18H19ClO6. The molecular weight excluding hydrogens is 348 g/mol. The van der Waals surface area contributed by atoms with Crippen molar-refractivity contribution in [3.63, 3.8) is 0 Å². The number of rotatable bonds is 0. The highest BCUT2D eigenvalue weighted by Gasteiger charge is 2.42. The number of ketones is 1. The third kappa shape index (κ3) is 3.96. The van der Waals surface area contributed by atoms with Crippen LogP contribution in [0.25, 0.3) is 0 Å². The van der Waals surface area contributed by atoms with Crippen molar-refractivity contribution in [1.29, 1.82) is 0 Å². The summed E-state index contributed by atoms with van der Waals surface area (Å²) in [7, 11) is 0. The average Bonchev–Trinajstić information content (AvgIpc) is 3.25. The lowest BCUT2D eigenvalue weighted by molar-refractivity contribution is -0.154. The van der Waals surface area contributed by atoms with Crippen molar-refractivity contribution in [1.82, 2.24) is 0 Å². The van der Waals surface area contributed by atoms with Crippen LogP contribution >= 0.6 is 11.6 Å². The molecule has 0 spiro atoms. The van der Waals surface area contributed by atoms with E-state index in [-0.39, 0.29) is 41.0 Å². The van der Waals surface area contributed by atoms with E-state index in [2.05, 4.69) is 0 Å². The van der Waals surface area contributed by atoms with Gasteiger partial charge in [-0.25, -0.2) is 0 Å². The molecule has 1 fully saturated rings. The molecule has 0 aromatic carbocycles. The van der Waals surface area contributed by atoms with Crippen LogP contribution in [-0.2, 0) is 19.1 Å². The molecule has 0 aromatic heterocycles. The predicted octanol–water partition coefficient (Wildman–Crippen LogP) is 2.86. The van der Waals surface area contributed by atoms with Crippen molar-refractivity contribution in [3.05, 3.63) is 46.9 Å². The van der Waals surface area contributed by atoms with E-state index < -0.39 is 23.9 Å². The average molecular weight is 367 g/mol. The van der Waals surface area contributed by atoms with Crippen molar-refractivity contribution in [2.45, 2.75) is 38.1 Å². The van der Waals surface area contributed by atoms with E-state index in [0.717, 1.165) is 6.08 Å². The van der Waals surface area contributed by atoms with Crippen LogP contribution in [0.1, 0.15) is 19.8 Å². The first-order valence-corrected chi connectivity index (χ1v) is 8.47. The van der Waals surface area contributed by atoms with E-state index in [4.69, 9.17) is 21.1 Å². The lowest BCUT2D eigenvalue weighted by Crippen LogP contribution is -2.34. The van der Waals surface area contributed by atoms with Gasteiger partial charge in [0.2, 0.25) is 0 Å². The van der Waals surface area contributed by atoms with Gasteiger partial charge in [-0.2, -0.15) is 0 Å². The zero-order valence-electron chi connectivity index (χ0n) is 13.6. The molecule has 1 aliphatic carbocycles. The highest BCUT2D eigenvalue weighted by molar-refractivity contribution is 6.30. The molecule has 25 heavy (non-hydrogen) atoms. The number of aliphatic hydroxyl groups excluding tert-OH is 2. The number of allylic oxidation sites excluding steroid dienone is 5. The fraction of sp³-hybridized carbons (Fsp3) is 0.444. The van der Waals surface area contributed by atoms with Crippen LogP contribution < -0.4 is 0 Å². The summed E-state index contributed by atoms with van der Waals surface area (Å²) in [6.45, 7) is 1.74. The highest BCUT2D eigenvalue weighted by atomic mass is 35.5. The molecule has 5 atom stereocenters. The second-order valence-corrected chi connectivity index (χ2v) is 6.83. The Hall–Kier alpha value is -2.05. The highest BCUT2D eigenvalue weighted by Crippen LogP contribution is 2.39. The Morgan fingerprint density at radius 2 is 2.00 bits per heavy atom. The maximum Gasteiger partial charge on any atom is 0.317 e. The summed E-state index contributed by atoms with van der Waals surface area (Å²) in [4.78, 5) is 24.7. The molecule has 0 aromatic rings. The quantitative estimate of drug-likeness (QED) is 0.505. The van der Waals surface area contributed by atoms with Gasteiger partial charge in [0.25, 0.3) is 0 Å². The molecule has 2 N–H and O–H groups in total. The molecule has 3 aliphatic rings. The number of cyclic esters (lactones) is 1. The topological polar surface area (TPSA) is 96.4 Å². The third-order valence-corrected chi connectivity index (χ3v) is 4.92. The molecule has 0 bridgehead atoms. The summed E-state index contributed by atoms with van der Waals surface area (Å²) in [6.07, 6.45) is 7.43. The van der Waals surface area contributed by atoms with Crippen molar-refractivity contribution in [2.75, 3.05) is 0 Å². The van der Waals surface area contributed by atoms with E-state index in [1.807, 2.05) is 6.08 Å². The van der Waals surface area contributed by atoms with Crippen LogP contribution in [0, 0.1) is 11.8 Å². The van der Waals surface area contributed by atoms with Gasteiger partial charge in [0.1, 0.15) is 29.6 Å². The van der Waals surface area contributed by atoms with Gasteiger partial charge in [-0.1, -0.05) is 29.8 Å². The summed E-state index contributed by atoms with van der Waals surface area (Å²) < 4.78 is 10.9. The minimum atomic E-state index is -1.13. The lowest BCUT2D eigenvalue weighted by Gasteiger charge is -2.28.